The zero-order chi connectivity index (χ0) is 14.0. The van der Waals surface area contributed by atoms with E-state index in [4.69, 9.17) is 0 Å². The van der Waals surface area contributed by atoms with E-state index >= 15 is 0 Å². The number of halogens is 2. The highest BCUT2D eigenvalue weighted by Gasteiger charge is 2.11. The molecule has 0 aliphatic heterocycles. The third kappa shape index (κ3) is 3.10. The van der Waals surface area contributed by atoms with Crippen LogP contribution in [0.4, 0.5) is 4.39 Å². The van der Waals surface area contributed by atoms with Crippen molar-refractivity contribution in [1.82, 2.24) is 0 Å². The van der Waals surface area contributed by atoms with Gasteiger partial charge in [-0.15, -0.1) is 0 Å². The van der Waals surface area contributed by atoms with Gasteiger partial charge in [0.25, 0.3) is 0 Å². The summed E-state index contributed by atoms with van der Waals surface area (Å²) in [4.78, 5) is 12.3. The van der Waals surface area contributed by atoms with Crippen molar-refractivity contribution in [3.63, 3.8) is 0 Å². The number of hydrogen-bond acceptors (Lipinski definition) is 1. The molecule has 0 saturated heterocycles. The summed E-state index contributed by atoms with van der Waals surface area (Å²) in [6.45, 7) is 3.93. The van der Waals surface area contributed by atoms with Crippen molar-refractivity contribution in [2.45, 2.75) is 20.3 Å². The van der Waals surface area contributed by atoms with Crippen LogP contribution < -0.4 is 0 Å². The first kappa shape index (κ1) is 13.9. The van der Waals surface area contributed by atoms with Crippen LogP contribution >= 0.6 is 15.9 Å². The minimum atomic E-state index is -0.317. The lowest BCUT2D eigenvalue weighted by Crippen LogP contribution is -2.06. The highest BCUT2D eigenvalue weighted by atomic mass is 79.9. The Labute approximate surface area is 120 Å². The van der Waals surface area contributed by atoms with Crippen molar-refractivity contribution < 1.29 is 9.18 Å². The zero-order valence-electron chi connectivity index (χ0n) is 10.8. The standard InChI is InChI=1S/C16H14BrFO/c1-10-4-3-5-13(11(10)2)16(19)9-12-6-7-15(18)14(17)8-12/h3-8H,9H2,1-2H3. The number of aryl methyl sites for hydroxylation is 1. The number of carbonyl (C=O) groups excluding carboxylic acids is 1. The van der Waals surface area contributed by atoms with Crippen molar-refractivity contribution in [3.8, 4) is 0 Å². The normalized spacial score (nSPS) is 10.5. The second-order valence-corrected chi connectivity index (χ2v) is 5.45. The number of carbonyl (C=O) groups is 1. The molecule has 2 rings (SSSR count). The summed E-state index contributed by atoms with van der Waals surface area (Å²) in [6.07, 6.45) is 0.281. The topological polar surface area (TPSA) is 17.1 Å². The average Bonchev–Trinajstić information content (AvgIpc) is 2.37. The lowest BCUT2D eigenvalue weighted by molar-refractivity contribution is 0.0992. The quantitative estimate of drug-likeness (QED) is 0.753. The Bertz CT molecular complexity index is 635. The lowest BCUT2D eigenvalue weighted by Gasteiger charge is -2.08. The fourth-order valence-electron chi connectivity index (χ4n) is 1.98. The van der Waals surface area contributed by atoms with E-state index in [1.54, 1.807) is 12.1 Å². The molecule has 0 saturated carbocycles. The van der Waals surface area contributed by atoms with E-state index in [0.717, 1.165) is 22.3 Å². The van der Waals surface area contributed by atoms with E-state index in [9.17, 15) is 9.18 Å². The van der Waals surface area contributed by atoms with E-state index < -0.39 is 0 Å². The summed E-state index contributed by atoms with van der Waals surface area (Å²) < 4.78 is 13.5. The van der Waals surface area contributed by atoms with Gasteiger partial charge in [-0.3, -0.25) is 4.79 Å². The number of hydrogen-bond donors (Lipinski definition) is 0. The van der Waals surface area contributed by atoms with Crippen LogP contribution in [0.2, 0.25) is 0 Å². The predicted octanol–water partition coefficient (Wildman–Crippen LogP) is 4.63. The maximum Gasteiger partial charge on any atom is 0.167 e. The van der Waals surface area contributed by atoms with Gasteiger partial charge in [-0.2, -0.15) is 0 Å². The molecule has 0 heterocycles. The summed E-state index contributed by atoms with van der Waals surface area (Å²) in [5, 5.41) is 0. The molecule has 0 unspecified atom stereocenters. The molecule has 0 aliphatic rings. The summed E-state index contributed by atoms with van der Waals surface area (Å²) in [5.74, 6) is -0.261. The first-order valence-corrected chi connectivity index (χ1v) is 6.81. The molecular weight excluding hydrogens is 307 g/mol. The maximum absolute atomic E-state index is 13.1. The van der Waals surface area contributed by atoms with Crippen molar-refractivity contribution in [2.24, 2.45) is 0 Å². The van der Waals surface area contributed by atoms with Crippen molar-refractivity contribution in [3.05, 3.63) is 68.9 Å². The van der Waals surface area contributed by atoms with Crippen LogP contribution in [0, 0.1) is 19.7 Å². The molecule has 0 N–H and O–H groups in total. The van der Waals surface area contributed by atoms with E-state index in [2.05, 4.69) is 15.9 Å². The van der Waals surface area contributed by atoms with Gasteiger partial charge in [0.2, 0.25) is 0 Å². The molecule has 2 aromatic carbocycles. The van der Waals surface area contributed by atoms with Crippen LogP contribution in [0.15, 0.2) is 40.9 Å². The summed E-state index contributed by atoms with van der Waals surface area (Å²) in [7, 11) is 0. The Morgan fingerprint density at radius 1 is 1.21 bits per heavy atom. The maximum atomic E-state index is 13.1. The van der Waals surface area contributed by atoms with Gasteiger partial charge in [0.1, 0.15) is 5.82 Å². The van der Waals surface area contributed by atoms with Crippen LogP contribution in [0.25, 0.3) is 0 Å². The highest BCUT2D eigenvalue weighted by Crippen LogP contribution is 2.19. The molecule has 0 bridgehead atoms. The second kappa shape index (κ2) is 5.66. The van der Waals surface area contributed by atoms with Crippen molar-refractivity contribution in [2.75, 3.05) is 0 Å². The molecular formula is C16H14BrFO. The smallest absolute Gasteiger partial charge is 0.167 e. The van der Waals surface area contributed by atoms with Gasteiger partial charge in [-0.1, -0.05) is 24.3 Å². The fourth-order valence-corrected chi connectivity index (χ4v) is 2.41. The van der Waals surface area contributed by atoms with E-state index in [0.29, 0.717) is 4.47 Å². The Hall–Kier alpha value is -1.48. The Morgan fingerprint density at radius 2 is 1.95 bits per heavy atom. The lowest BCUT2D eigenvalue weighted by atomic mass is 9.96. The van der Waals surface area contributed by atoms with Crippen LogP contribution in [-0.2, 0) is 6.42 Å². The van der Waals surface area contributed by atoms with Crippen LogP contribution in [-0.4, -0.2) is 5.78 Å². The number of rotatable bonds is 3. The summed E-state index contributed by atoms with van der Waals surface area (Å²) in [5.41, 5.74) is 3.65. The zero-order valence-corrected chi connectivity index (χ0v) is 12.4. The molecule has 0 atom stereocenters. The Kier molecular flexibility index (Phi) is 4.15. The van der Waals surface area contributed by atoms with Gasteiger partial charge in [-0.05, 0) is 58.6 Å². The molecule has 0 radical (unpaired) electrons. The number of ketones is 1. The molecule has 1 nitrogen and oxygen atoms in total. The largest absolute Gasteiger partial charge is 0.294 e. The van der Waals surface area contributed by atoms with Crippen LogP contribution in [0.3, 0.4) is 0 Å². The Balaban J connectivity index is 2.26. The molecule has 0 amide bonds. The number of Topliss-reactive ketones (excluding diaryl/α,β-unsaturated/α-hetero) is 1. The minimum absolute atomic E-state index is 0.0553. The molecule has 0 aromatic heterocycles. The highest BCUT2D eigenvalue weighted by molar-refractivity contribution is 9.10. The third-order valence-corrected chi connectivity index (χ3v) is 3.86. The minimum Gasteiger partial charge on any atom is -0.294 e. The van der Waals surface area contributed by atoms with E-state index in [1.165, 1.54) is 6.07 Å². The van der Waals surface area contributed by atoms with Gasteiger partial charge in [0, 0.05) is 12.0 Å². The van der Waals surface area contributed by atoms with Crippen LogP contribution in [0.1, 0.15) is 27.0 Å². The molecule has 2 aromatic rings. The average molecular weight is 321 g/mol. The monoisotopic (exact) mass is 320 g/mol. The van der Waals surface area contributed by atoms with Crippen molar-refractivity contribution in [1.29, 1.82) is 0 Å². The van der Waals surface area contributed by atoms with Gasteiger partial charge < -0.3 is 0 Å². The van der Waals surface area contributed by atoms with Gasteiger partial charge in [-0.25, -0.2) is 4.39 Å². The predicted molar refractivity (Wildman–Crippen MR) is 78.1 cm³/mol. The molecule has 0 fully saturated rings. The van der Waals surface area contributed by atoms with Crippen molar-refractivity contribution >= 4 is 21.7 Å². The number of benzene rings is 2. The molecule has 0 aliphatic carbocycles. The first-order valence-electron chi connectivity index (χ1n) is 6.02. The second-order valence-electron chi connectivity index (χ2n) is 4.60. The molecule has 0 spiro atoms. The fraction of sp³-hybridized carbons (Fsp3) is 0.188. The van der Waals surface area contributed by atoms with E-state index in [-0.39, 0.29) is 18.0 Å². The van der Waals surface area contributed by atoms with Gasteiger partial charge >= 0.3 is 0 Å². The van der Waals surface area contributed by atoms with Crippen LogP contribution in [0.5, 0.6) is 0 Å². The third-order valence-electron chi connectivity index (χ3n) is 3.25. The summed E-state index contributed by atoms with van der Waals surface area (Å²) in [6, 6.07) is 10.4. The van der Waals surface area contributed by atoms with Gasteiger partial charge in [0.05, 0.1) is 4.47 Å². The molecule has 98 valence electrons. The first-order chi connectivity index (χ1) is 8.99. The summed E-state index contributed by atoms with van der Waals surface area (Å²) >= 11 is 3.13. The Morgan fingerprint density at radius 3 is 2.63 bits per heavy atom. The molecule has 3 heteroatoms. The molecule has 19 heavy (non-hydrogen) atoms. The van der Waals surface area contributed by atoms with E-state index in [1.807, 2.05) is 32.0 Å². The van der Waals surface area contributed by atoms with Gasteiger partial charge in [0.15, 0.2) is 5.78 Å². The SMILES string of the molecule is Cc1cccc(C(=O)Cc2ccc(F)c(Br)c2)c1C.